The molecule has 0 bridgehead atoms. The summed E-state index contributed by atoms with van der Waals surface area (Å²) < 4.78 is 0. The Kier molecular flexibility index (Phi) is 5.81. The van der Waals surface area contributed by atoms with Gasteiger partial charge in [0.15, 0.2) is 0 Å². The van der Waals surface area contributed by atoms with E-state index in [1.807, 2.05) is 7.05 Å². The van der Waals surface area contributed by atoms with Crippen molar-refractivity contribution in [3.63, 3.8) is 0 Å². The largest absolute Gasteiger partial charge is 0.393 e. The van der Waals surface area contributed by atoms with Gasteiger partial charge in [-0.15, -0.1) is 0 Å². The third-order valence-corrected chi connectivity index (χ3v) is 3.46. The van der Waals surface area contributed by atoms with Crippen molar-refractivity contribution < 1.29 is 9.90 Å². The van der Waals surface area contributed by atoms with Crippen LogP contribution in [0, 0.1) is 5.92 Å². The molecule has 1 rings (SSSR count). The SMILES string of the molecule is CC(O)CCN(C)C(=O)C1CCCCCC1. The van der Waals surface area contributed by atoms with Gasteiger partial charge in [-0.05, 0) is 26.2 Å². The normalized spacial score (nSPS) is 20.2. The van der Waals surface area contributed by atoms with E-state index in [9.17, 15) is 9.90 Å². The fraction of sp³-hybridized carbons (Fsp3) is 0.923. The lowest BCUT2D eigenvalue weighted by atomic mass is 9.99. The van der Waals surface area contributed by atoms with Crippen LogP contribution in [-0.4, -0.2) is 35.6 Å². The van der Waals surface area contributed by atoms with E-state index in [2.05, 4.69) is 0 Å². The molecule has 0 aromatic rings. The number of carbonyl (C=O) groups excluding carboxylic acids is 1. The highest BCUT2D eigenvalue weighted by atomic mass is 16.3. The Labute approximate surface area is 98.8 Å². The molecule has 3 heteroatoms. The third-order valence-electron chi connectivity index (χ3n) is 3.46. The maximum absolute atomic E-state index is 12.1. The molecule has 0 heterocycles. The number of hydrogen-bond donors (Lipinski definition) is 1. The summed E-state index contributed by atoms with van der Waals surface area (Å²) in [6, 6.07) is 0. The standard InChI is InChI=1S/C13H25NO2/c1-11(15)9-10-14(2)13(16)12-7-5-3-4-6-8-12/h11-12,15H,3-10H2,1-2H3. The molecule has 0 spiro atoms. The van der Waals surface area contributed by atoms with E-state index in [4.69, 9.17) is 0 Å². The topological polar surface area (TPSA) is 40.5 Å². The molecule has 1 aliphatic rings. The fourth-order valence-electron chi connectivity index (χ4n) is 2.33. The van der Waals surface area contributed by atoms with E-state index in [1.54, 1.807) is 11.8 Å². The Balaban J connectivity index is 2.35. The summed E-state index contributed by atoms with van der Waals surface area (Å²) >= 11 is 0. The molecular formula is C13H25NO2. The lowest BCUT2D eigenvalue weighted by Crippen LogP contribution is -2.34. The molecule has 1 N–H and O–H groups in total. The molecular weight excluding hydrogens is 202 g/mol. The Morgan fingerprint density at radius 2 is 1.88 bits per heavy atom. The molecule has 1 aliphatic carbocycles. The van der Waals surface area contributed by atoms with E-state index in [-0.39, 0.29) is 17.9 Å². The van der Waals surface area contributed by atoms with Crippen molar-refractivity contribution in [1.82, 2.24) is 4.90 Å². The number of nitrogens with zero attached hydrogens (tertiary/aromatic N) is 1. The summed E-state index contributed by atoms with van der Waals surface area (Å²) in [5.74, 6) is 0.518. The van der Waals surface area contributed by atoms with E-state index < -0.39 is 0 Å². The van der Waals surface area contributed by atoms with E-state index >= 15 is 0 Å². The van der Waals surface area contributed by atoms with Gasteiger partial charge in [0, 0.05) is 19.5 Å². The van der Waals surface area contributed by atoms with Gasteiger partial charge >= 0.3 is 0 Å². The average Bonchev–Trinajstić information content (AvgIpc) is 2.53. The number of rotatable bonds is 4. The number of aliphatic hydroxyl groups is 1. The molecule has 1 fully saturated rings. The number of amides is 1. The highest BCUT2D eigenvalue weighted by Crippen LogP contribution is 2.24. The lowest BCUT2D eigenvalue weighted by molar-refractivity contribution is -0.134. The monoisotopic (exact) mass is 227 g/mol. The van der Waals surface area contributed by atoms with Crippen LogP contribution in [0.25, 0.3) is 0 Å². The summed E-state index contributed by atoms with van der Waals surface area (Å²) in [7, 11) is 1.86. The quantitative estimate of drug-likeness (QED) is 0.748. The molecule has 0 saturated heterocycles. The first-order valence-electron chi connectivity index (χ1n) is 6.54. The van der Waals surface area contributed by atoms with E-state index in [0.717, 1.165) is 12.8 Å². The van der Waals surface area contributed by atoms with Crippen molar-refractivity contribution in [1.29, 1.82) is 0 Å². The van der Waals surface area contributed by atoms with Gasteiger partial charge in [-0.3, -0.25) is 4.79 Å². The molecule has 0 aromatic heterocycles. The molecule has 1 unspecified atom stereocenters. The molecule has 0 aromatic carbocycles. The van der Waals surface area contributed by atoms with Crippen LogP contribution in [0.4, 0.5) is 0 Å². The predicted molar refractivity (Wildman–Crippen MR) is 65.1 cm³/mol. The van der Waals surface area contributed by atoms with Gasteiger partial charge in [0.05, 0.1) is 6.10 Å². The second kappa shape index (κ2) is 6.89. The molecule has 0 aliphatic heterocycles. The average molecular weight is 227 g/mol. The first-order chi connectivity index (χ1) is 7.61. The van der Waals surface area contributed by atoms with Crippen LogP contribution in [0.1, 0.15) is 51.9 Å². The van der Waals surface area contributed by atoms with Crippen LogP contribution in [-0.2, 0) is 4.79 Å². The van der Waals surface area contributed by atoms with Crippen molar-refractivity contribution in [2.45, 2.75) is 58.0 Å². The van der Waals surface area contributed by atoms with Gasteiger partial charge in [-0.25, -0.2) is 0 Å². The zero-order valence-corrected chi connectivity index (χ0v) is 10.6. The molecule has 0 radical (unpaired) electrons. The second-order valence-corrected chi connectivity index (χ2v) is 5.09. The molecule has 94 valence electrons. The van der Waals surface area contributed by atoms with Crippen LogP contribution >= 0.6 is 0 Å². The first kappa shape index (κ1) is 13.5. The lowest BCUT2D eigenvalue weighted by Gasteiger charge is -2.23. The Hall–Kier alpha value is -0.570. The summed E-state index contributed by atoms with van der Waals surface area (Å²) in [6.07, 6.45) is 7.42. The molecule has 1 amide bonds. The highest BCUT2D eigenvalue weighted by Gasteiger charge is 2.22. The van der Waals surface area contributed by atoms with Crippen molar-refractivity contribution in [2.24, 2.45) is 5.92 Å². The maximum atomic E-state index is 12.1. The molecule has 3 nitrogen and oxygen atoms in total. The van der Waals surface area contributed by atoms with E-state index in [1.165, 1.54) is 25.7 Å². The van der Waals surface area contributed by atoms with Crippen LogP contribution < -0.4 is 0 Å². The fourth-order valence-corrected chi connectivity index (χ4v) is 2.33. The van der Waals surface area contributed by atoms with Crippen LogP contribution in [0.2, 0.25) is 0 Å². The number of aliphatic hydroxyl groups excluding tert-OH is 1. The van der Waals surface area contributed by atoms with Crippen molar-refractivity contribution in [2.75, 3.05) is 13.6 Å². The second-order valence-electron chi connectivity index (χ2n) is 5.09. The van der Waals surface area contributed by atoms with Gasteiger partial charge in [0.1, 0.15) is 0 Å². The zero-order valence-electron chi connectivity index (χ0n) is 10.6. The minimum Gasteiger partial charge on any atom is -0.393 e. The Bertz CT molecular complexity index is 208. The first-order valence-corrected chi connectivity index (χ1v) is 6.54. The van der Waals surface area contributed by atoms with Gasteiger partial charge in [-0.1, -0.05) is 25.7 Å². The minimum absolute atomic E-state index is 0.237. The Morgan fingerprint density at radius 1 is 1.31 bits per heavy atom. The molecule has 1 atom stereocenters. The van der Waals surface area contributed by atoms with Crippen molar-refractivity contribution in [3.8, 4) is 0 Å². The predicted octanol–water partition coefficient (Wildman–Crippen LogP) is 2.19. The summed E-state index contributed by atoms with van der Waals surface area (Å²) in [5, 5.41) is 9.20. The van der Waals surface area contributed by atoms with Gasteiger partial charge < -0.3 is 10.0 Å². The van der Waals surface area contributed by atoms with Gasteiger partial charge in [-0.2, -0.15) is 0 Å². The summed E-state index contributed by atoms with van der Waals surface area (Å²) in [6.45, 7) is 2.44. The minimum atomic E-state index is -0.315. The van der Waals surface area contributed by atoms with Crippen molar-refractivity contribution >= 4 is 5.91 Å². The zero-order chi connectivity index (χ0) is 12.0. The van der Waals surface area contributed by atoms with Crippen LogP contribution in [0.5, 0.6) is 0 Å². The maximum Gasteiger partial charge on any atom is 0.225 e. The van der Waals surface area contributed by atoms with Crippen molar-refractivity contribution in [3.05, 3.63) is 0 Å². The summed E-state index contributed by atoms with van der Waals surface area (Å²) in [5.41, 5.74) is 0. The number of hydrogen-bond acceptors (Lipinski definition) is 2. The summed E-state index contributed by atoms with van der Waals surface area (Å²) in [4.78, 5) is 13.9. The Morgan fingerprint density at radius 3 is 2.38 bits per heavy atom. The van der Waals surface area contributed by atoms with Crippen LogP contribution in [0.15, 0.2) is 0 Å². The molecule has 1 saturated carbocycles. The number of carbonyl (C=O) groups is 1. The van der Waals surface area contributed by atoms with Gasteiger partial charge in [0.25, 0.3) is 0 Å². The molecule has 16 heavy (non-hydrogen) atoms. The van der Waals surface area contributed by atoms with E-state index in [0.29, 0.717) is 13.0 Å². The van der Waals surface area contributed by atoms with Gasteiger partial charge in [0.2, 0.25) is 5.91 Å². The highest BCUT2D eigenvalue weighted by molar-refractivity contribution is 5.78. The third kappa shape index (κ3) is 4.52. The smallest absolute Gasteiger partial charge is 0.225 e. The van der Waals surface area contributed by atoms with Crippen LogP contribution in [0.3, 0.4) is 0 Å².